The fourth-order valence-corrected chi connectivity index (χ4v) is 1.38. The topological polar surface area (TPSA) is 12.0 Å². The van der Waals surface area contributed by atoms with Gasteiger partial charge in [-0.05, 0) is 19.5 Å². The third-order valence-electron chi connectivity index (χ3n) is 1.35. The maximum atomic E-state index is 3.28. The van der Waals surface area contributed by atoms with E-state index in [-0.39, 0.29) is 0 Å². The minimum absolute atomic E-state index is 0.539. The molecule has 0 aromatic rings. The number of halogens is 1. The maximum Gasteiger partial charge on any atom is 0.134 e. The molecule has 0 spiro atoms. The molecule has 0 fully saturated rings. The van der Waals surface area contributed by atoms with Crippen LogP contribution in [-0.2, 0) is 0 Å². The van der Waals surface area contributed by atoms with Gasteiger partial charge in [-0.1, -0.05) is 18.7 Å². The Bertz CT molecular complexity index is 112. The van der Waals surface area contributed by atoms with Gasteiger partial charge in [0.2, 0.25) is 0 Å². The molecule has 1 N–H and O–H groups in total. The first-order chi connectivity index (χ1) is 4.68. The van der Waals surface area contributed by atoms with Crippen molar-refractivity contribution in [1.29, 1.82) is 0 Å². The lowest BCUT2D eigenvalue weighted by Crippen LogP contribution is -2.09. The van der Waals surface area contributed by atoms with E-state index in [4.69, 9.17) is 0 Å². The number of hydrogen-bond acceptors (Lipinski definition) is 1. The molecule has 0 aliphatic heterocycles. The average Bonchev–Trinajstić information content (AvgIpc) is 1.88. The quantitative estimate of drug-likeness (QED) is 0.357. The van der Waals surface area contributed by atoms with E-state index in [9.17, 15) is 0 Å². The van der Waals surface area contributed by atoms with Gasteiger partial charge in [0.25, 0.3) is 0 Å². The molecule has 0 rings (SSSR count). The number of hydrogen-bond donors (Lipinski definition) is 1. The zero-order valence-electron chi connectivity index (χ0n) is 6.95. The Hall–Kier alpha value is 0.487. The van der Waals surface area contributed by atoms with E-state index in [1.54, 1.807) is 5.20 Å². The van der Waals surface area contributed by atoms with Crippen molar-refractivity contribution in [3.05, 3.63) is 11.4 Å². The van der Waals surface area contributed by atoms with Crippen LogP contribution >= 0.6 is 21.8 Å². The Kier molecular flexibility index (Phi) is 6.52. The summed E-state index contributed by atoms with van der Waals surface area (Å²) in [6, 6.07) is 0. The van der Waals surface area contributed by atoms with E-state index >= 15 is 0 Å². The minimum atomic E-state index is -0.539. The summed E-state index contributed by atoms with van der Waals surface area (Å²) < 4.78 is 0. The second-order valence-electron chi connectivity index (χ2n) is 2.46. The van der Waals surface area contributed by atoms with Gasteiger partial charge in [0, 0.05) is 6.54 Å². The third kappa shape index (κ3) is 5.29. The van der Waals surface area contributed by atoms with Gasteiger partial charge < -0.3 is 5.32 Å². The van der Waals surface area contributed by atoms with Crippen molar-refractivity contribution in [3.8, 4) is 0 Å². The first-order valence-electron chi connectivity index (χ1n) is 3.72. The molecule has 0 amide bonds. The number of rotatable bonds is 4. The van der Waals surface area contributed by atoms with Crippen LogP contribution in [0.5, 0.6) is 0 Å². The van der Waals surface area contributed by atoms with Crippen LogP contribution in [0.3, 0.4) is 0 Å². The Balaban J connectivity index is 3.48. The third-order valence-corrected chi connectivity index (χ3v) is 5.72. The summed E-state index contributed by atoms with van der Waals surface area (Å²) in [5.41, 5.74) is 0. The van der Waals surface area contributed by atoms with E-state index in [0.717, 1.165) is 6.54 Å². The summed E-state index contributed by atoms with van der Waals surface area (Å²) in [5, 5.41) is 4.83. The fourth-order valence-electron chi connectivity index (χ4n) is 0.492. The monoisotopic (exact) mass is 269 g/mol. The molecular weight excluding hydrogens is 253 g/mol. The zero-order chi connectivity index (χ0) is 7.98. The molecule has 1 atom stereocenters. The maximum absolute atomic E-state index is 3.28. The Morgan fingerprint density at radius 1 is 1.70 bits per heavy atom. The van der Waals surface area contributed by atoms with Crippen molar-refractivity contribution >= 4 is 28.1 Å². The van der Waals surface area contributed by atoms with Gasteiger partial charge in [0.15, 0.2) is 0 Å². The van der Waals surface area contributed by atoms with Gasteiger partial charge in [-0.15, -0.1) is 21.8 Å². The molecule has 0 bridgehead atoms. The zero-order valence-corrected chi connectivity index (χ0v) is 10.3. The van der Waals surface area contributed by atoms with Crippen molar-refractivity contribution in [3.63, 3.8) is 0 Å². The first-order valence-corrected chi connectivity index (χ1v) is 9.63. The van der Waals surface area contributed by atoms with Crippen molar-refractivity contribution in [2.75, 3.05) is 6.54 Å². The molecule has 0 saturated carbocycles. The van der Waals surface area contributed by atoms with Crippen LogP contribution in [0.1, 0.15) is 20.3 Å². The predicted octanol–water partition coefficient (Wildman–Crippen LogP) is 2.22. The van der Waals surface area contributed by atoms with Crippen LogP contribution in [0.15, 0.2) is 11.4 Å². The highest BCUT2D eigenvalue weighted by Crippen LogP contribution is 2.04. The molecule has 0 aromatic heterocycles. The molecule has 0 aromatic carbocycles. The van der Waals surface area contributed by atoms with Crippen molar-refractivity contribution in [2.45, 2.75) is 26.8 Å². The van der Waals surface area contributed by atoms with Crippen LogP contribution in [0.25, 0.3) is 0 Å². The van der Waals surface area contributed by atoms with Crippen LogP contribution in [0.4, 0.5) is 0 Å². The molecule has 60 valence electrons. The molecule has 0 saturated heterocycles. The minimum Gasteiger partial charge on any atom is -0.391 e. The van der Waals surface area contributed by atoms with Gasteiger partial charge in [0.1, 0.15) is 6.29 Å². The summed E-state index contributed by atoms with van der Waals surface area (Å²) in [7, 11) is 0. The number of nitrogens with one attached hydrogen (secondary N) is 1. The van der Waals surface area contributed by atoms with E-state index in [2.05, 4.69) is 53.7 Å². The first kappa shape index (κ1) is 10.5. The molecular formula is C7H16INSi. The molecule has 0 aliphatic carbocycles. The van der Waals surface area contributed by atoms with Crippen LogP contribution in [0, 0.1) is 0 Å². The summed E-state index contributed by atoms with van der Waals surface area (Å²) in [5.74, 6) is 0. The molecule has 1 unspecified atom stereocenters. The van der Waals surface area contributed by atoms with Crippen molar-refractivity contribution < 1.29 is 0 Å². The molecule has 1 nitrogen and oxygen atoms in total. The highest BCUT2D eigenvalue weighted by Gasteiger charge is 1.97. The largest absolute Gasteiger partial charge is 0.391 e. The summed E-state index contributed by atoms with van der Waals surface area (Å²) in [6.07, 6.45) is 2.84. The van der Waals surface area contributed by atoms with E-state index in [0.29, 0.717) is 0 Å². The summed E-state index contributed by atoms with van der Waals surface area (Å²) in [6.45, 7) is 7.84. The Labute approximate surface area is 78.1 Å². The van der Waals surface area contributed by atoms with Crippen molar-refractivity contribution in [2.24, 2.45) is 0 Å². The molecule has 10 heavy (non-hydrogen) atoms. The van der Waals surface area contributed by atoms with Gasteiger partial charge in [-0.2, -0.15) is 0 Å². The molecule has 0 aliphatic rings. The van der Waals surface area contributed by atoms with E-state index in [1.165, 1.54) is 6.42 Å². The Morgan fingerprint density at radius 3 is 2.70 bits per heavy atom. The van der Waals surface area contributed by atoms with Gasteiger partial charge >= 0.3 is 0 Å². The highest BCUT2D eigenvalue weighted by molar-refractivity contribution is 14.1. The van der Waals surface area contributed by atoms with Crippen molar-refractivity contribution in [1.82, 2.24) is 5.32 Å². The highest BCUT2D eigenvalue weighted by atomic mass is 127. The lowest BCUT2D eigenvalue weighted by Gasteiger charge is -2.02. The predicted molar refractivity (Wildman–Crippen MR) is 59.1 cm³/mol. The van der Waals surface area contributed by atoms with Gasteiger partial charge in [-0.25, -0.2) is 0 Å². The Morgan fingerprint density at radius 2 is 2.30 bits per heavy atom. The second-order valence-corrected chi connectivity index (χ2v) is 10.2. The van der Waals surface area contributed by atoms with Crippen LogP contribution < -0.4 is 5.32 Å². The van der Waals surface area contributed by atoms with Crippen LogP contribution in [0.2, 0.25) is 6.55 Å². The SMILES string of the molecule is CCCN/C=C(\C)[SiH](C)I. The molecule has 3 heteroatoms. The lowest BCUT2D eigenvalue weighted by molar-refractivity contribution is 0.807. The summed E-state index contributed by atoms with van der Waals surface area (Å²) in [4.78, 5) is 0. The van der Waals surface area contributed by atoms with E-state index < -0.39 is 6.29 Å². The van der Waals surface area contributed by atoms with Gasteiger partial charge in [-0.3, -0.25) is 0 Å². The molecule has 0 heterocycles. The lowest BCUT2D eigenvalue weighted by atomic mass is 10.5. The second kappa shape index (κ2) is 6.21. The standard InChI is InChI=1S/C7H16INSi/c1-4-5-9-6-7(2)10(3)8/h6,9-10H,4-5H2,1-3H3/b7-6+. The fraction of sp³-hybridized carbons (Fsp3) is 0.714. The normalized spacial score (nSPS) is 15.0. The smallest absolute Gasteiger partial charge is 0.134 e. The molecule has 0 radical (unpaired) electrons. The van der Waals surface area contributed by atoms with Gasteiger partial charge in [0.05, 0.1) is 0 Å². The van der Waals surface area contributed by atoms with Crippen LogP contribution in [-0.4, -0.2) is 12.8 Å². The number of allylic oxidation sites excluding steroid dienone is 1. The summed E-state index contributed by atoms with van der Waals surface area (Å²) >= 11 is 2.55. The average molecular weight is 269 g/mol. The van der Waals surface area contributed by atoms with E-state index in [1.807, 2.05) is 0 Å².